The molecule has 0 unspecified atom stereocenters. The fourth-order valence-electron chi connectivity index (χ4n) is 0.994. The molecule has 6 nitrogen and oxygen atoms in total. The maximum Gasteiger partial charge on any atom is 0.328 e. The zero-order valence-corrected chi connectivity index (χ0v) is 7.30. The van der Waals surface area contributed by atoms with Crippen molar-refractivity contribution in [2.45, 2.75) is 18.4 Å². The van der Waals surface area contributed by atoms with Gasteiger partial charge in [-0.25, -0.2) is 4.79 Å². The third kappa shape index (κ3) is 1.64. The fourth-order valence-corrected chi connectivity index (χ4v) is 0.994. The number of hydrogen-bond donors (Lipinski definition) is 2. The van der Waals surface area contributed by atoms with E-state index in [1.54, 1.807) is 0 Å². The van der Waals surface area contributed by atoms with Crippen LogP contribution in [0.5, 0.6) is 0 Å². The number of aromatic nitrogens is 2. The fraction of sp³-hybridized carbons (Fsp3) is 0.375. The van der Waals surface area contributed by atoms with Crippen LogP contribution in [0.2, 0.25) is 0 Å². The summed E-state index contributed by atoms with van der Waals surface area (Å²) in [6.07, 6.45) is 3.84. The van der Waals surface area contributed by atoms with Gasteiger partial charge < -0.3 is 15.3 Å². The molecular formula is C8H9N3O3. The molecule has 1 aromatic heterocycles. The predicted octanol–water partition coefficient (Wildman–Crippen LogP) is 0.115. The number of carboxylic acid groups (broad SMARTS) is 1. The van der Waals surface area contributed by atoms with Crippen LogP contribution in [-0.2, 0) is 10.3 Å². The highest BCUT2D eigenvalue weighted by atomic mass is 16.4. The van der Waals surface area contributed by atoms with E-state index in [4.69, 9.17) is 15.3 Å². The number of rotatable bonds is 3. The Morgan fingerprint density at radius 2 is 2.29 bits per heavy atom. The van der Waals surface area contributed by atoms with Gasteiger partial charge in [-0.05, 0) is 12.8 Å². The third-order valence-corrected chi connectivity index (χ3v) is 2.02. The summed E-state index contributed by atoms with van der Waals surface area (Å²) < 4.78 is 5.16. The maximum atomic E-state index is 10.2. The zero-order valence-electron chi connectivity index (χ0n) is 7.30. The molecule has 3 N–H and O–H groups in total. The largest absolute Gasteiger partial charge is 0.478 e. The van der Waals surface area contributed by atoms with Crippen LogP contribution in [0.15, 0.2) is 10.5 Å². The quantitative estimate of drug-likeness (QED) is 0.664. The topological polar surface area (TPSA) is 102 Å². The molecule has 1 aliphatic rings. The van der Waals surface area contributed by atoms with Crippen LogP contribution in [-0.4, -0.2) is 21.3 Å². The summed E-state index contributed by atoms with van der Waals surface area (Å²) >= 11 is 0. The Morgan fingerprint density at radius 3 is 2.86 bits per heavy atom. The van der Waals surface area contributed by atoms with Crippen molar-refractivity contribution in [3.63, 3.8) is 0 Å². The summed E-state index contributed by atoms with van der Waals surface area (Å²) in [4.78, 5) is 10.2. The van der Waals surface area contributed by atoms with Crippen molar-refractivity contribution in [3.05, 3.63) is 17.9 Å². The van der Waals surface area contributed by atoms with Crippen molar-refractivity contribution in [2.75, 3.05) is 0 Å². The second-order valence-corrected chi connectivity index (χ2v) is 3.27. The Kier molecular flexibility index (Phi) is 1.85. The molecule has 0 radical (unpaired) electrons. The molecule has 14 heavy (non-hydrogen) atoms. The van der Waals surface area contributed by atoms with Gasteiger partial charge in [-0.2, -0.15) is 0 Å². The van der Waals surface area contributed by atoms with Crippen LogP contribution in [0.4, 0.5) is 0 Å². The second-order valence-electron chi connectivity index (χ2n) is 3.27. The molecule has 0 amide bonds. The van der Waals surface area contributed by atoms with Crippen molar-refractivity contribution >= 4 is 12.0 Å². The summed E-state index contributed by atoms with van der Waals surface area (Å²) in [5, 5.41) is 15.7. The molecule has 1 aliphatic carbocycles. The first-order chi connectivity index (χ1) is 6.60. The van der Waals surface area contributed by atoms with Crippen LogP contribution in [0.1, 0.15) is 24.6 Å². The van der Waals surface area contributed by atoms with Crippen LogP contribution < -0.4 is 5.73 Å². The van der Waals surface area contributed by atoms with E-state index in [1.165, 1.54) is 6.08 Å². The molecule has 6 heteroatoms. The van der Waals surface area contributed by atoms with Gasteiger partial charge in [0.15, 0.2) is 0 Å². The zero-order chi connectivity index (χ0) is 10.2. The molecule has 0 saturated heterocycles. The number of carboxylic acids is 1. The Balaban J connectivity index is 2.14. The van der Waals surface area contributed by atoms with E-state index in [0.29, 0.717) is 5.89 Å². The summed E-state index contributed by atoms with van der Waals surface area (Å²) in [6, 6.07) is 0. The molecule has 74 valence electrons. The van der Waals surface area contributed by atoms with Gasteiger partial charge >= 0.3 is 5.97 Å². The summed E-state index contributed by atoms with van der Waals surface area (Å²) in [5.41, 5.74) is 5.33. The highest BCUT2D eigenvalue weighted by Gasteiger charge is 2.45. The van der Waals surface area contributed by atoms with E-state index in [-0.39, 0.29) is 5.89 Å². The Morgan fingerprint density at radius 1 is 1.57 bits per heavy atom. The van der Waals surface area contributed by atoms with Crippen LogP contribution in [0, 0.1) is 0 Å². The van der Waals surface area contributed by atoms with Crippen molar-refractivity contribution < 1.29 is 14.3 Å². The molecule has 0 atom stereocenters. The number of hydrogen-bond acceptors (Lipinski definition) is 5. The lowest BCUT2D eigenvalue weighted by molar-refractivity contribution is -0.131. The summed E-state index contributed by atoms with van der Waals surface area (Å²) in [7, 11) is 0. The Labute approximate surface area is 79.4 Å². The molecule has 0 bridgehead atoms. The lowest BCUT2D eigenvalue weighted by atomic mass is 10.3. The van der Waals surface area contributed by atoms with Crippen LogP contribution in [0.3, 0.4) is 0 Å². The van der Waals surface area contributed by atoms with Gasteiger partial charge in [0.05, 0.1) is 5.54 Å². The average Bonchev–Trinajstić information content (AvgIpc) is 2.70. The number of nitrogens with zero attached hydrogens (tertiary/aromatic N) is 2. The van der Waals surface area contributed by atoms with Crippen molar-refractivity contribution in [1.82, 2.24) is 10.2 Å². The van der Waals surface area contributed by atoms with E-state index in [0.717, 1.165) is 18.9 Å². The Hall–Kier alpha value is -1.69. The van der Waals surface area contributed by atoms with E-state index < -0.39 is 11.5 Å². The third-order valence-electron chi connectivity index (χ3n) is 2.02. The van der Waals surface area contributed by atoms with Gasteiger partial charge in [0.25, 0.3) is 0 Å². The minimum Gasteiger partial charge on any atom is -0.478 e. The van der Waals surface area contributed by atoms with Gasteiger partial charge in [-0.1, -0.05) is 0 Å². The smallest absolute Gasteiger partial charge is 0.328 e. The van der Waals surface area contributed by atoms with E-state index in [9.17, 15) is 4.79 Å². The lowest BCUT2D eigenvalue weighted by Crippen LogP contribution is -2.18. The SMILES string of the molecule is NC1(c2nnc(/C=C/C(=O)O)o2)CC1. The summed E-state index contributed by atoms with van der Waals surface area (Å²) in [5.74, 6) is -0.514. The molecule has 1 heterocycles. The lowest BCUT2D eigenvalue weighted by Gasteiger charge is -1.97. The van der Waals surface area contributed by atoms with Crippen molar-refractivity contribution in [2.24, 2.45) is 5.73 Å². The highest BCUT2D eigenvalue weighted by Crippen LogP contribution is 2.41. The average molecular weight is 195 g/mol. The van der Waals surface area contributed by atoms with Crippen molar-refractivity contribution in [1.29, 1.82) is 0 Å². The van der Waals surface area contributed by atoms with Crippen molar-refractivity contribution in [3.8, 4) is 0 Å². The molecule has 1 aromatic rings. The molecule has 0 aliphatic heterocycles. The molecule has 0 aromatic carbocycles. The monoisotopic (exact) mass is 195 g/mol. The molecule has 1 saturated carbocycles. The molecule has 0 spiro atoms. The molecule has 2 rings (SSSR count). The van der Waals surface area contributed by atoms with E-state index in [1.807, 2.05) is 0 Å². The highest BCUT2D eigenvalue weighted by molar-refractivity contribution is 5.84. The first-order valence-corrected chi connectivity index (χ1v) is 4.14. The maximum absolute atomic E-state index is 10.2. The van der Waals surface area contributed by atoms with E-state index in [2.05, 4.69) is 10.2 Å². The summed E-state index contributed by atoms with van der Waals surface area (Å²) in [6.45, 7) is 0. The minimum absolute atomic E-state index is 0.166. The number of aliphatic carboxylic acids is 1. The molecule has 1 fully saturated rings. The van der Waals surface area contributed by atoms with Gasteiger partial charge in [0.1, 0.15) is 0 Å². The van der Waals surface area contributed by atoms with Crippen LogP contribution >= 0.6 is 0 Å². The first-order valence-electron chi connectivity index (χ1n) is 4.14. The Bertz CT molecular complexity index is 392. The van der Waals surface area contributed by atoms with Crippen LogP contribution in [0.25, 0.3) is 6.08 Å². The second kappa shape index (κ2) is 2.91. The van der Waals surface area contributed by atoms with Gasteiger partial charge in [0, 0.05) is 12.2 Å². The van der Waals surface area contributed by atoms with Gasteiger partial charge in [0.2, 0.25) is 11.8 Å². The predicted molar refractivity (Wildman–Crippen MR) is 46.1 cm³/mol. The van der Waals surface area contributed by atoms with Gasteiger partial charge in [-0.3, -0.25) is 0 Å². The number of carbonyl (C=O) groups is 1. The molecular weight excluding hydrogens is 186 g/mol. The normalized spacial score (nSPS) is 18.6. The van der Waals surface area contributed by atoms with Gasteiger partial charge in [-0.15, -0.1) is 10.2 Å². The first kappa shape index (κ1) is 8.89. The van der Waals surface area contributed by atoms with E-state index >= 15 is 0 Å². The minimum atomic E-state index is -1.06. The number of nitrogens with two attached hydrogens (primary N) is 1. The standard InChI is InChI=1S/C8H9N3O3/c9-8(3-4-8)7-11-10-5(14-7)1-2-6(12)13/h1-2H,3-4,9H2,(H,12,13)/b2-1+.